The summed E-state index contributed by atoms with van der Waals surface area (Å²) < 4.78 is 4.60. The first kappa shape index (κ1) is 10.6. The van der Waals surface area contributed by atoms with E-state index in [-0.39, 0.29) is 18.8 Å². The van der Waals surface area contributed by atoms with Gasteiger partial charge in [-0.15, -0.1) is 0 Å². The van der Waals surface area contributed by atoms with Gasteiger partial charge in [-0.05, 0) is 13.0 Å². The molecular weight excluding hydrogens is 156 g/mol. The van der Waals surface area contributed by atoms with Gasteiger partial charge in [0, 0.05) is 0 Å². The lowest BCUT2D eigenvalue weighted by Gasteiger charge is -1.97. The topological polar surface area (TPSA) is 43.4 Å². The number of carbonyl (C=O) groups excluding carboxylic acids is 2. The third-order valence-electron chi connectivity index (χ3n) is 1.03. The highest BCUT2D eigenvalue weighted by molar-refractivity contribution is 6.01. The van der Waals surface area contributed by atoms with Crippen LogP contribution in [0.2, 0.25) is 0 Å². The maximum atomic E-state index is 10.8. The molecule has 0 aromatic heterocycles. The number of hydrogen-bond donors (Lipinski definition) is 0. The van der Waals surface area contributed by atoms with E-state index in [2.05, 4.69) is 11.3 Å². The maximum absolute atomic E-state index is 10.8. The fraction of sp³-hybridized carbons (Fsp3) is 0.333. The molecule has 0 saturated carbocycles. The molecule has 0 fully saturated rings. The van der Waals surface area contributed by atoms with E-state index in [0.717, 1.165) is 0 Å². The Hall–Kier alpha value is -1.38. The Morgan fingerprint density at radius 3 is 2.67 bits per heavy atom. The highest BCUT2D eigenvalue weighted by Crippen LogP contribution is 1.90. The first-order valence-electron chi connectivity index (χ1n) is 3.62. The Morgan fingerprint density at radius 2 is 2.17 bits per heavy atom. The zero-order valence-electron chi connectivity index (χ0n) is 7.08. The van der Waals surface area contributed by atoms with Crippen molar-refractivity contribution in [1.82, 2.24) is 0 Å². The van der Waals surface area contributed by atoms with Gasteiger partial charge in [0.05, 0.1) is 0 Å². The van der Waals surface area contributed by atoms with Gasteiger partial charge in [0.1, 0.15) is 13.0 Å². The number of allylic oxidation sites excluding steroid dienone is 2. The molecule has 0 rings (SSSR count). The summed E-state index contributed by atoms with van der Waals surface area (Å²) in [6.07, 6.45) is 4.19. The van der Waals surface area contributed by atoms with Crippen molar-refractivity contribution < 1.29 is 14.3 Å². The molecule has 0 saturated heterocycles. The van der Waals surface area contributed by atoms with Crippen LogP contribution < -0.4 is 0 Å². The van der Waals surface area contributed by atoms with Gasteiger partial charge in [0.15, 0.2) is 5.78 Å². The van der Waals surface area contributed by atoms with Crippen LogP contribution in [-0.2, 0) is 14.3 Å². The third-order valence-corrected chi connectivity index (χ3v) is 1.03. The molecule has 12 heavy (non-hydrogen) atoms. The summed E-state index contributed by atoms with van der Waals surface area (Å²) in [5.74, 6) is -0.760. The van der Waals surface area contributed by atoms with E-state index in [1.807, 2.05) is 0 Å². The Bertz CT molecular complexity index is 204. The molecule has 3 heteroatoms. The van der Waals surface area contributed by atoms with E-state index in [0.29, 0.717) is 0 Å². The van der Waals surface area contributed by atoms with Gasteiger partial charge in [0.2, 0.25) is 0 Å². The molecule has 0 aliphatic rings. The van der Waals surface area contributed by atoms with Crippen LogP contribution in [0.15, 0.2) is 24.8 Å². The molecular formula is C9H12O3. The Labute approximate surface area is 71.7 Å². The van der Waals surface area contributed by atoms with Gasteiger partial charge in [-0.25, -0.2) is 0 Å². The van der Waals surface area contributed by atoms with Gasteiger partial charge < -0.3 is 4.74 Å². The monoisotopic (exact) mass is 168 g/mol. The predicted octanol–water partition coefficient (Wildman–Crippen LogP) is 1.25. The van der Waals surface area contributed by atoms with Crippen LogP contribution in [0.4, 0.5) is 0 Å². The van der Waals surface area contributed by atoms with E-state index < -0.39 is 5.97 Å². The Balaban J connectivity index is 3.68. The lowest BCUT2D eigenvalue weighted by Crippen LogP contribution is -2.09. The second kappa shape index (κ2) is 6.34. The van der Waals surface area contributed by atoms with E-state index in [1.165, 1.54) is 12.2 Å². The van der Waals surface area contributed by atoms with Crippen molar-refractivity contribution in [3.05, 3.63) is 24.8 Å². The highest BCUT2D eigenvalue weighted by atomic mass is 16.5. The fourth-order valence-electron chi connectivity index (χ4n) is 0.590. The molecule has 0 amide bonds. The van der Waals surface area contributed by atoms with Crippen LogP contribution in [-0.4, -0.2) is 18.4 Å². The number of hydrogen-bond acceptors (Lipinski definition) is 3. The van der Waals surface area contributed by atoms with Gasteiger partial charge >= 0.3 is 5.97 Å². The summed E-state index contributed by atoms with van der Waals surface area (Å²) in [7, 11) is 0. The molecule has 0 aliphatic carbocycles. The van der Waals surface area contributed by atoms with Crippen LogP contribution in [0.3, 0.4) is 0 Å². The van der Waals surface area contributed by atoms with Gasteiger partial charge in [-0.2, -0.15) is 0 Å². The molecule has 0 atom stereocenters. The number of carbonyl (C=O) groups is 2. The fourth-order valence-corrected chi connectivity index (χ4v) is 0.590. The number of ether oxygens (including phenoxy) is 1. The second-order valence-electron chi connectivity index (χ2n) is 2.11. The molecule has 66 valence electrons. The smallest absolute Gasteiger partial charge is 0.313 e. The summed E-state index contributed by atoms with van der Waals surface area (Å²) in [4.78, 5) is 21.6. The van der Waals surface area contributed by atoms with Crippen molar-refractivity contribution in [2.24, 2.45) is 0 Å². The van der Waals surface area contributed by atoms with Crippen LogP contribution >= 0.6 is 0 Å². The lowest BCUT2D eigenvalue weighted by atomic mass is 10.3. The van der Waals surface area contributed by atoms with E-state index in [4.69, 9.17) is 0 Å². The molecule has 3 nitrogen and oxygen atoms in total. The Kier molecular flexibility index (Phi) is 5.61. The summed E-state index contributed by atoms with van der Waals surface area (Å²) in [5, 5.41) is 0. The summed E-state index contributed by atoms with van der Waals surface area (Å²) in [6, 6.07) is 0. The van der Waals surface area contributed by atoms with Crippen molar-refractivity contribution in [2.45, 2.75) is 13.3 Å². The normalized spacial score (nSPS) is 9.75. The number of esters is 1. The largest absolute Gasteiger partial charge is 0.461 e. The molecule has 0 unspecified atom stereocenters. The quantitative estimate of drug-likeness (QED) is 0.268. The average molecular weight is 168 g/mol. The first-order chi connectivity index (χ1) is 5.70. The Morgan fingerprint density at radius 1 is 1.50 bits per heavy atom. The van der Waals surface area contributed by atoms with Crippen LogP contribution in [0.5, 0.6) is 0 Å². The third kappa shape index (κ3) is 5.41. The van der Waals surface area contributed by atoms with Crippen LogP contribution in [0.25, 0.3) is 0 Å². The van der Waals surface area contributed by atoms with Crippen molar-refractivity contribution in [1.29, 1.82) is 0 Å². The summed E-state index contributed by atoms with van der Waals surface area (Å²) >= 11 is 0. The number of ketones is 1. The van der Waals surface area contributed by atoms with E-state index >= 15 is 0 Å². The minimum atomic E-state index is -0.516. The molecule has 0 heterocycles. The average Bonchev–Trinajstić information content (AvgIpc) is 2.01. The molecule has 0 radical (unpaired) electrons. The molecule has 0 N–H and O–H groups in total. The van der Waals surface area contributed by atoms with Crippen molar-refractivity contribution in [2.75, 3.05) is 6.61 Å². The molecule has 0 aromatic rings. The van der Waals surface area contributed by atoms with Crippen molar-refractivity contribution in [3.63, 3.8) is 0 Å². The van der Waals surface area contributed by atoms with Crippen molar-refractivity contribution in [3.8, 4) is 0 Å². The maximum Gasteiger partial charge on any atom is 0.313 e. The minimum Gasteiger partial charge on any atom is -0.461 e. The molecule has 0 bridgehead atoms. The molecule has 0 aromatic carbocycles. The highest BCUT2D eigenvalue weighted by Gasteiger charge is 2.06. The minimum absolute atomic E-state index is 0.155. The SMILES string of the molecule is C=CCOC(=O)CC(=O)/C=C/C. The van der Waals surface area contributed by atoms with E-state index in [1.54, 1.807) is 13.0 Å². The van der Waals surface area contributed by atoms with Gasteiger partial charge in [0.25, 0.3) is 0 Å². The standard InChI is InChI=1S/C9H12O3/c1-3-5-8(10)7-9(11)12-6-4-2/h3-5H,2,6-7H2,1H3/b5-3+. The first-order valence-corrected chi connectivity index (χ1v) is 3.62. The summed E-state index contributed by atoms with van der Waals surface area (Å²) in [6.45, 7) is 5.24. The van der Waals surface area contributed by atoms with Crippen LogP contribution in [0, 0.1) is 0 Å². The zero-order chi connectivity index (χ0) is 9.40. The summed E-state index contributed by atoms with van der Waals surface area (Å²) in [5.41, 5.74) is 0. The van der Waals surface area contributed by atoms with Gasteiger partial charge in [-0.3, -0.25) is 9.59 Å². The number of rotatable bonds is 5. The second-order valence-corrected chi connectivity index (χ2v) is 2.11. The molecule has 0 aliphatic heterocycles. The zero-order valence-corrected chi connectivity index (χ0v) is 7.08. The van der Waals surface area contributed by atoms with E-state index in [9.17, 15) is 9.59 Å². The molecule has 0 spiro atoms. The predicted molar refractivity (Wildman–Crippen MR) is 45.6 cm³/mol. The van der Waals surface area contributed by atoms with Crippen LogP contribution in [0.1, 0.15) is 13.3 Å². The van der Waals surface area contributed by atoms with Gasteiger partial charge in [-0.1, -0.05) is 18.7 Å². The van der Waals surface area contributed by atoms with Crippen molar-refractivity contribution >= 4 is 11.8 Å². The lowest BCUT2D eigenvalue weighted by molar-refractivity contribution is -0.144.